The molecule has 1 aliphatic heterocycles. The van der Waals surface area contributed by atoms with E-state index >= 15 is 0 Å². The van der Waals surface area contributed by atoms with Gasteiger partial charge in [-0.25, -0.2) is 18.2 Å². The fourth-order valence-corrected chi connectivity index (χ4v) is 6.73. The van der Waals surface area contributed by atoms with Crippen LogP contribution >= 0.6 is 11.3 Å². The van der Waals surface area contributed by atoms with E-state index in [2.05, 4.69) is 15.4 Å². The number of nitrogens with zero attached hydrogens (tertiary/aromatic N) is 3. The predicted molar refractivity (Wildman–Crippen MR) is 121 cm³/mol. The van der Waals surface area contributed by atoms with Crippen LogP contribution in [0.2, 0.25) is 0 Å². The van der Waals surface area contributed by atoms with E-state index in [9.17, 15) is 18.0 Å². The van der Waals surface area contributed by atoms with Crippen molar-refractivity contribution in [1.82, 2.24) is 14.8 Å². The molecule has 0 saturated carbocycles. The molecular weight excluding hydrogens is 452 g/mol. The quantitative estimate of drug-likeness (QED) is 0.631. The van der Waals surface area contributed by atoms with Crippen molar-refractivity contribution in [1.29, 1.82) is 0 Å². The number of hydrogen-bond acceptors (Lipinski definition) is 8. The van der Waals surface area contributed by atoms with Crippen molar-refractivity contribution in [2.24, 2.45) is 5.92 Å². The van der Waals surface area contributed by atoms with Crippen LogP contribution in [0.4, 0.5) is 5.13 Å². The first-order valence-corrected chi connectivity index (χ1v) is 13.5. The summed E-state index contributed by atoms with van der Waals surface area (Å²) in [7, 11) is -3.06. The second kappa shape index (κ2) is 8.93. The number of sulfone groups is 1. The molecular formula is C21H28N4O5S2. The number of nitrogens with one attached hydrogen (secondary N) is 1. The topological polar surface area (TPSA) is 120 Å². The molecule has 0 aromatic carbocycles. The first-order valence-electron chi connectivity index (χ1n) is 10.9. The molecule has 1 saturated heterocycles. The molecule has 11 heteroatoms. The molecule has 2 aromatic heterocycles. The van der Waals surface area contributed by atoms with E-state index in [1.54, 1.807) is 11.6 Å². The number of amides is 1. The number of anilines is 1. The smallest absolute Gasteiger partial charge is 0.350 e. The average Bonchev–Trinajstić information content (AvgIpc) is 3.40. The number of thiazole rings is 1. The van der Waals surface area contributed by atoms with Gasteiger partial charge in [0.05, 0.1) is 29.8 Å². The largest absolute Gasteiger partial charge is 0.461 e. The zero-order valence-corrected chi connectivity index (χ0v) is 20.1. The first kappa shape index (κ1) is 22.9. The van der Waals surface area contributed by atoms with Gasteiger partial charge in [0.1, 0.15) is 4.88 Å². The number of rotatable bonds is 6. The van der Waals surface area contributed by atoms with Gasteiger partial charge in [0, 0.05) is 11.3 Å². The maximum Gasteiger partial charge on any atom is 0.350 e. The molecule has 0 spiro atoms. The predicted octanol–water partition coefficient (Wildman–Crippen LogP) is 2.95. The molecule has 0 bridgehead atoms. The Labute approximate surface area is 191 Å². The van der Waals surface area contributed by atoms with Crippen LogP contribution < -0.4 is 5.32 Å². The average molecular weight is 481 g/mol. The van der Waals surface area contributed by atoms with Crippen LogP contribution in [0.3, 0.4) is 0 Å². The van der Waals surface area contributed by atoms with Gasteiger partial charge in [-0.05, 0) is 44.9 Å². The van der Waals surface area contributed by atoms with E-state index in [-0.39, 0.29) is 23.5 Å². The van der Waals surface area contributed by atoms with Gasteiger partial charge >= 0.3 is 5.97 Å². The molecule has 32 heavy (non-hydrogen) atoms. The molecule has 3 heterocycles. The summed E-state index contributed by atoms with van der Waals surface area (Å²) in [5.74, 6) is -0.392. The molecule has 0 radical (unpaired) electrons. The number of ether oxygens (including phenoxy) is 1. The van der Waals surface area contributed by atoms with Crippen molar-refractivity contribution >= 4 is 38.2 Å². The summed E-state index contributed by atoms with van der Waals surface area (Å²) < 4.78 is 31.0. The number of carbonyl (C=O) groups excluding carboxylic acids is 2. The van der Waals surface area contributed by atoms with Gasteiger partial charge in [-0.3, -0.25) is 14.8 Å². The van der Waals surface area contributed by atoms with Crippen LogP contribution in [0.25, 0.3) is 0 Å². The highest BCUT2D eigenvalue weighted by atomic mass is 32.2. The van der Waals surface area contributed by atoms with E-state index in [1.165, 1.54) is 0 Å². The molecule has 1 amide bonds. The number of fused-ring (bicyclic) bond motifs is 1. The lowest BCUT2D eigenvalue weighted by Crippen LogP contribution is -2.17. The maximum atomic E-state index is 13.1. The van der Waals surface area contributed by atoms with E-state index < -0.39 is 21.7 Å². The van der Waals surface area contributed by atoms with E-state index in [0.717, 1.165) is 48.3 Å². The lowest BCUT2D eigenvalue weighted by molar-refractivity contribution is 0.0463. The minimum Gasteiger partial charge on any atom is -0.461 e. The van der Waals surface area contributed by atoms with Crippen LogP contribution in [-0.2, 0) is 27.4 Å². The molecule has 4 rings (SSSR count). The van der Waals surface area contributed by atoms with Crippen molar-refractivity contribution < 1.29 is 22.7 Å². The number of hydrogen-bond donors (Lipinski definition) is 1. The summed E-state index contributed by atoms with van der Waals surface area (Å²) in [6.07, 6.45) is 4.00. The number of aromatic nitrogens is 3. The number of aryl methyl sites for hydroxylation is 1. The molecule has 2 aliphatic rings. The summed E-state index contributed by atoms with van der Waals surface area (Å²) in [6, 6.07) is -0.224. The Kier molecular flexibility index (Phi) is 6.39. The van der Waals surface area contributed by atoms with Gasteiger partial charge in [-0.1, -0.05) is 25.2 Å². The van der Waals surface area contributed by atoms with Crippen molar-refractivity contribution in [3.63, 3.8) is 0 Å². The van der Waals surface area contributed by atoms with Crippen LogP contribution in [0.15, 0.2) is 0 Å². The molecule has 9 nitrogen and oxygen atoms in total. The Morgan fingerprint density at radius 3 is 2.72 bits per heavy atom. The zero-order chi connectivity index (χ0) is 23.0. The normalized spacial score (nSPS) is 19.7. The van der Waals surface area contributed by atoms with Gasteiger partial charge in [0.25, 0.3) is 5.91 Å². The maximum absolute atomic E-state index is 13.1. The van der Waals surface area contributed by atoms with E-state index in [0.29, 0.717) is 34.4 Å². The summed E-state index contributed by atoms with van der Waals surface area (Å²) in [5, 5.41) is 7.66. The van der Waals surface area contributed by atoms with Crippen LogP contribution in [0, 0.1) is 12.8 Å². The van der Waals surface area contributed by atoms with E-state index in [4.69, 9.17) is 4.74 Å². The molecule has 0 unspecified atom stereocenters. The third-order valence-corrected chi connectivity index (χ3v) is 8.53. The van der Waals surface area contributed by atoms with Gasteiger partial charge < -0.3 is 4.74 Å². The Bertz CT molecular complexity index is 1150. The Morgan fingerprint density at radius 1 is 1.28 bits per heavy atom. The first-order chi connectivity index (χ1) is 15.1. The molecule has 174 valence electrons. The molecule has 2 aromatic rings. The highest BCUT2D eigenvalue weighted by Gasteiger charge is 2.34. The summed E-state index contributed by atoms with van der Waals surface area (Å²) >= 11 is 1.08. The highest BCUT2D eigenvalue weighted by molar-refractivity contribution is 7.91. The highest BCUT2D eigenvalue weighted by Crippen LogP contribution is 2.32. The van der Waals surface area contributed by atoms with Crippen LogP contribution in [0.5, 0.6) is 0 Å². The summed E-state index contributed by atoms with van der Waals surface area (Å²) in [5.41, 5.74) is 2.68. The molecule has 1 fully saturated rings. The minimum atomic E-state index is -3.06. The zero-order valence-electron chi connectivity index (χ0n) is 18.5. The van der Waals surface area contributed by atoms with Crippen molar-refractivity contribution in [3.8, 4) is 0 Å². The minimum absolute atomic E-state index is 0.0652. The fraction of sp³-hybridized carbons (Fsp3) is 0.619. The second-order valence-electron chi connectivity index (χ2n) is 8.86. The molecule has 1 atom stereocenters. The lowest BCUT2D eigenvalue weighted by Gasteiger charge is -2.17. The lowest BCUT2D eigenvalue weighted by atomic mass is 9.95. The van der Waals surface area contributed by atoms with Crippen LogP contribution in [-0.4, -0.2) is 53.2 Å². The van der Waals surface area contributed by atoms with Gasteiger partial charge in [0.2, 0.25) is 0 Å². The Balaban J connectivity index is 1.55. The standard InChI is InChI=1S/C21H28N4O5S2/c1-12(2)10-30-20(27)18-13(3)22-21(31-18)23-19(26)17-15-6-4-5-7-16(15)25(24-17)14-8-9-32(28,29)11-14/h12,14H,4-11H2,1-3H3,(H,22,23,26)/t14-/m1/s1. The Morgan fingerprint density at radius 2 is 2.03 bits per heavy atom. The summed E-state index contributed by atoms with van der Waals surface area (Å²) in [6.45, 7) is 5.94. The molecule has 1 aliphatic carbocycles. The Hall–Kier alpha value is -2.27. The third kappa shape index (κ3) is 4.73. The third-order valence-electron chi connectivity index (χ3n) is 5.73. The van der Waals surface area contributed by atoms with Crippen molar-refractivity contribution in [3.05, 3.63) is 27.5 Å². The van der Waals surface area contributed by atoms with E-state index in [1.807, 2.05) is 13.8 Å². The summed E-state index contributed by atoms with van der Waals surface area (Å²) in [4.78, 5) is 30.1. The monoisotopic (exact) mass is 480 g/mol. The van der Waals surface area contributed by atoms with Gasteiger partial charge in [-0.15, -0.1) is 0 Å². The fourth-order valence-electron chi connectivity index (χ4n) is 4.18. The van der Waals surface area contributed by atoms with Crippen molar-refractivity contribution in [2.75, 3.05) is 23.4 Å². The number of esters is 1. The molecule has 1 N–H and O–H groups in total. The van der Waals surface area contributed by atoms with Crippen molar-refractivity contribution in [2.45, 2.75) is 58.9 Å². The number of carbonyl (C=O) groups is 2. The van der Waals surface area contributed by atoms with Crippen LogP contribution in [0.1, 0.15) is 76.3 Å². The SMILES string of the molecule is Cc1nc(NC(=O)c2nn([C@@H]3CCS(=O)(=O)C3)c3c2CCCC3)sc1C(=O)OCC(C)C. The van der Waals surface area contributed by atoms with Gasteiger partial charge in [-0.2, -0.15) is 5.10 Å². The second-order valence-corrected chi connectivity index (χ2v) is 12.1. The van der Waals surface area contributed by atoms with Gasteiger partial charge in [0.15, 0.2) is 20.7 Å².